The zero-order valence-corrected chi connectivity index (χ0v) is 11.7. The van der Waals surface area contributed by atoms with Crippen LogP contribution in [-0.2, 0) is 5.41 Å². The van der Waals surface area contributed by atoms with Crippen LogP contribution in [0.4, 0.5) is 0 Å². The van der Waals surface area contributed by atoms with E-state index in [1.54, 1.807) is 7.11 Å². The molecule has 0 spiro atoms. The number of ether oxygens (including phenoxy) is 1. The molecule has 0 bridgehead atoms. The molecule has 1 aromatic rings. The molecular formula is C15H25NO. The average molecular weight is 235 g/mol. The number of rotatable bonds is 4. The van der Waals surface area contributed by atoms with Gasteiger partial charge in [0.2, 0.25) is 0 Å². The second kappa shape index (κ2) is 5.54. The molecule has 96 valence electrons. The minimum absolute atomic E-state index is 0.161. The third-order valence-corrected chi connectivity index (χ3v) is 3.31. The van der Waals surface area contributed by atoms with Gasteiger partial charge in [0.1, 0.15) is 5.75 Å². The van der Waals surface area contributed by atoms with Crippen molar-refractivity contribution in [3.05, 3.63) is 29.3 Å². The summed E-state index contributed by atoms with van der Waals surface area (Å²) in [6.07, 6.45) is 1.04. The Morgan fingerprint density at radius 2 is 1.94 bits per heavy atom. The summed E-state index contributed by atoms with van der Waals surface area (Å²) < 4.78 is 5.44. The summed E-state index contributed by atoms with van der Waals surface area (Å²) in [7, 11) is 1.72. The van der Waals surface area contributed by atoms with Crippen LogP contribution in [0.5, 0.6) is 5.75 Å². The van der Waals surface area contributed by atoms with Gasteiger partial charge in [-0.05, 0) is 41.5 Å². The highest BCUT2D eigenvalue weighted by Gasteiger charge is 2.19. The second-order valence-electron chi connectivity index (χ2n) is 5.55. The molecule has 0 aliphatic heterocycles. The lowest BCUT2D eigenvalue weighted by molar-refractivity contribution is 0.404. The molecule has 0 saturated carbocycles. The van der Waals surface area contributed by atoms with Crippen molar-refractivity contribution in [3.63, 3.8) is 0 Å². The van der Waals surface area contributed by atoms with Crippen molar-refractivity contribution in [2.24, 2.45) is 5.73 Å². The summed E-state index contributed by atoms with van der Waals surface area (Å²) in [6.45, 7) is 9.51. The molecule has 0 aromatic heterocycles. The molecule has 2 heteroatoms. The molecule has 2 N–H and O–H groups in total. The number of methoxy groups -OCH3 is 1. The third kappa shape index (κ3) is 3.22. The van der Waals surface area contributed by atoms with E-state index in [9.17, 15) is 0 Å². The van der Waals surface area contributed by atoms with Crippen LogP contribution in [0.25, 0.3) is 0 Å². The van der Waals surface area contributed by atoms with Crippen molar-refractivity contribution in [1.82, 2.24) is 0 Å². The zero-order valence-electron chi connectivity index (χ0n) is 11.7. The molecule has 1 unspecified atom stereocenters. The first kappa shape index (κ1) is 14.0. The Morgan fingerprint density at radius 1 is 1.29 bits per heavy atom. The lowest BCUT2D eigenvalue weighted by Gasteiger charge is -2.23. The minimum Gasteiger partial charge on any atom is -0.496 e. The Kier molecular flexibility index (Phi) is 4.58. The summed E-state index contributed by atoms with van der Waals surface area (Å²) in [6, 6.07) is 6.46. The Labute approximate surface area is 105 Å². The van der Waals surface area contributed by atoms with Gasteiger partial charge in [0, 0.05) is 0 Å². The molecular weight excluding hydrogens is 210 g/mol. The van der Waals surface area contributed by atoms with Gasteiger partial charge in [0.15, 0.2) is 0 Å². The van der Waals surface area contributed by atoms with Crippen molar-refractivity contribution < 1.29 is 4.74 Å². The first-order valence-corrected chi connectivity index (χ1v) is 6.32. The molecule has 0 fully saturated rings. The van der Waals surface area contributed by atoms with E-state index >= 15 is 0 Å². The maximum absolute atomic E-state index is 5.84. The van der Waals surface area contributed by atoms with Gasteiger partial charge in [-0.1, -0.05) is 39.8 Å². The van der Waals surface area contributed by atoms with Gasteiger partial charge in [0.25, 0.3) is 0 Å². The van der Waals surface area contributed by atoms with Gasteiger partial charge < -0.3 is 10.5 Å². The number of hydrogen-bond donors (Lipinski definition) is 1. The SMILES string of the molecule is CCC(CN)c1cc(C(C)(C)C)ccc1OC. The molecule has 1 aromatic carbocycles. The molecule has 0 amide bonds. The monoisotopic (exact) mass is 235 g/mol. The lowest BCUT2D eigenvalue weighted by atomic mass is 9.83. The maximum atomic E-state index is 5.84. The van der Waals surface area contributed by atoms with Crippen LogP contribution in [0.2, 0.25) is 0 Å². The molecule has 2 nitrogen and oxygen atoms in total. The second-order valence-corrected chi connectivity index (χ2v) is 5.55. The Morgan fingerprint density at radius 3 is 2.35 bits per heavy atom. The van der Waals surface area contributed by atoms with Gasteiger partial charge in [-0.2, -0.15) is 0 Å². The van der Waals surface area contributed by atoms with Crippen molar-refractivity contribution >= 4 is 0 Å². The van der Waals surface area contributed by atoms with E-state index in [1.807, 2.05) is 0 Å². The Hall–Kier alpha value is -1.02. The van der Waals surface area contributed by atoms with E-state index in [-0.39, 0.29) is 5.41 Å². The van der Waals surface area contributed by atoms with Crippen molar-refractivity contribution in [2.75, 3.05) is 13.7 Å². The maximum Gasteiger partial charge on any atom is 0.122 e. The van der Waals surface area contributed by atoms with Crippen LogP contribution in [0.1, 0.15) is 51.2 Å². The first-order chi connectivity index (χ1) is 7.93. The molecule has 0 aliphatic rings. The van der Waals surface area contributed by atoms with Crippen LogP contribution in [0, 0.1) is 0 Å². The van der Waals surface area contributed by atoms with Gasteiger partial charge in [-0.25, -0.2) is 0 Å². The van der Waals surface area contributed by atoms with E-state index in [2.05, 4.69) is 45.9 Å². The predicted molar refractivity (Wildman–Crippen MR) is 73.8 cm³/mol. The Balaban J connectivity index is 3.24. The summed E-state index contributed by atoms with van der Waals surface area (Å²) in [4.78, 5) is 0. The Bertz CT molecular complexity index is 362. The summed E-state index contributed by atoms with van der Waals surface area (Å²) in [5.41, 5.74) is 8.58. The minimum atomic E-state index is 0.161. The fourth-order valence-corrected chi connectivity index (χ4v) is 2.03. The van der Waals surface area contributed by atoms with E-state index < -0.39 is 0 Å². The van der Waals surface area contributed by atoms with Crippen LogP contribution >= 0.6 is 0 Å². The third-order valence-electron chi connectivity index (χ3n) is 3.31. The standard InChI is InChI=1S/C15H25NO/c1-6-11(10-16)13-9-12(15(2,3)4)7-8-14(13)17-5/h7-9,11H,6,10,16H2,1-5H3. The van der Waals surface area contributed by atoms with E-state index in [0.29, 0.717) is 12.5 Å². The summed E-state index contributed by atoms with van der Waals surface area (Å²) in [5.74, 6) is 1.34. The van der Waals surface area contributed by atoms with Crippen LogP contribution in [0.15, 0.2) is 18.2 Å². The molecule has 1 rings (SSSR count). The van der Waals surface area contributed by atoms with Crippen molar-refractivity contribution in [1.29, 1.82) is 0 Å². The number of benzene rings is 1. The fraction of sp³-hybridized carbons (Fsp3) is 0.600. The van der Waals surface area contributed by atoms with E-state index in [4.69, 9.17) is 10.5 Å². The largest absolute Gasteiger partial charge is 0.496 e. The van der Waals surface area contributed by atoms with Crippen molar-refractivity contribution in [3.8, 4) is 5.75 Å². The molecule has 0 heterocycles. The normalized spacial score (nSPS) is 13.5. The topological polar surface area (TPSA) is 35.2 Å². The molecule has 0 aliphatic carbocycles. The highest BCUT2D eigenvalue weighted by molar-refractivity contribution is 5.42. The average Bonchev–Trinajstić information content (AvgIpc) is 2.29. The zero-order chi connectivity index (χ0) is 13.1. The quantitative estimate of drug-likeness (QED) is 0.867. The van der Waals surface area contributed by atoms with Crippen LogP contribution in [0.3, 0.4) is 0 Å². The highest BCUT2D eigenvalue weighted by atomic mass is 16.5. The molecule has 1 atom stereocenters. The van der Waals surface area contributed by atoms with Crippen LogP contribution in [-0.4, -0.2) is 13.7 Å². The smallest absolute Gasteiger partial charge is 0.122 e. The summed E-state index contributed by atoms with van der Waals surface area (Å²) in [5, 5.41) is 0. The van der Waals surface area contributed by atoms with Gasteiger partial charge >= 0.3 is 0 Å². The van der Waals surface area contributed by atoms with E-state index in [1.165, 1.54) is 11.1 Å². The van der Waals surface area contributed by atoms with E-state index in [0.717, 1.165) is 12.2 Å². The molecule has 17 heavy (non-hydrogen) atoms. The van der Waals surface area contributed by atoms with Crippen LogP contribution < -0.4 is 10.5 Å². The molecule has 0 radical (unpaired) electrons. The predicted octanol–water partition coefficient (Wildman–Crippen LogP) is 3.45. The van der Waals surface area contributed by atoms with Crippen molar-refractivity contribution in [2.45, 2.75) is 45.4 Å². The lowest BCUT2D eigenvalue weighted by Crippen LogP contribution is -2.16. The fourth-order valence-electron chi connectivity index (χ4n) is 2.03. The summed E-state index contributed by atoms with van der Waals surface area (Å²) >= 11 is 0. The van der Waals surface area contributed by atoms with Gasteiger partial charge in [-0.15, -0.1) is 0 Å². The number of hydrogen-bond acceptors (Lipinski definition) is 2. The van der Waals surface area contributed by atoms with Gasteiger partial charge in [-0.3, -0.25) is 0 Å². The van der Waals surface area contributed by atoms with Gasteiger partial charge in [0.05, 0.1) is 7.11 Å². The highest BCUT2D eigenvalue weighted by Crippen LogP contribution is 2.33. The number of nitrogens with two attached hydrogens (primary N) is 1. The first-order valence-electron chi connectivity index (χ1n) is 6.32. The molecule has 0 saturated heterocycles.